The van der Waals surface area contributed by atoms with Crippen molar-refractivity contribution >= 4 is 50.8 Å². The second-order valence-corrected chi connectivity index (χ2v) is 10.5. The first kappa shape index (κ1) is 23.2. The van der Waals surface area contributed by atoms with E-state index < -0.39 is 5.91 Å². The number of ether oxygens (including phenoxy) is 1. The van der Waals surface area contributed by atoms with Crippen LogP contribution in [0.4, 0.5) is 5.00 Å². The van der Waals surface area contributed by atoms with E-state index in [1.54, 1.807) is 0 Å². The van der Waals surface area contributed by atoms with Gasteiger partial charge in [0.2, 0.25) is 5.91 Å². The molecule has 8 nitrogen and oxygen atoms in total. The maximum atomic E-state index is 12.9. The van der Waals surface area contributed by atoms with Crippen molar-refractivity contribution in [1.29, 1.82) is 0 Å². The lowest BCUT2D eigenvalue weighted by Gasteiger charge is -2.25. The summed E-state index contributed by atoms with van der Waals surface area (Å²) in [5.41, 5.74) is 8.03. The van der Waals surface area contributed by atoms with Gasteiger partial charge in [-0.25, -0.2) is 9.97 Å². The van der Waals surface area contributed by atoms with Gasteiger partial charge >= 0.3 is 0 Å². The van der Waals surface area contributed by atoms with Crippen LogP contribution in [0.2, 0.25) is 0 Å². The topological polar surface area (TPSA) is 110 Å². The van der Waals surface area contributed by atoms with Gasteiger partial charge in [0.15, 0.2) is 0 Å². The number of primary amides is 1. The van der Waals surface area contributed by atoms with Crippen LogP contribution in [0.3, 0.4) is 0 Å². The summed E-state index contributed by atoms with van der Waals surface area (Å²) in [5, 5.41) is 5.22. The normalized spacial score (nSPS) is 16.4. The van der Waals surface area contributed by atoms with Crippen LogP contribution in [-0.4, -0.2) is 58.7 Å². The lowest BCUT2D eigenvalue weighted by atomic mass is 9.95. The van der Waals surface area contributed by atoms with Crippen LogP contribution in [0.1, 0.15) is 39.5 Å². The number of fused-ring (bicyclic) bond motifs is 2. The van der Waals surface area contributed by atoms with E-state index >= 15 is 0 Å². The van der Waals surface area contributed by atoms with Crippen molar-refractivity contribution in [2.45, 2.75) is 37.3 Å². The fraction of sp³-hybridized carbons (Fsp3) is 0.417. The minimum absolute atomic E-state index is 0.177. The van der Waals surface area contributed by atoms with Gasteiger partial charge in [0.1, 0.15) is 15.9 Å². The predicted octanol–water partition coefficient (Wildman–Crippen LogP) is 3.23. The summed E-state index contributed by atoms with van der Waals surface area (Å²) in [7, 11) is 0. The fourth-order valence-corrected chi connectivity index (χ4v) is 6.59. The molecule has 3 aromatic rings. The largest absolute Gasteiger partial charge is 0.379 e. The number of anilines is 1. The molecule has 1 fully saturated rings. The molecule has 0 saturated carbocycles. The summed E-state index contributed by atoms with van der Waals surface area (Å²) in [6.07, 6.45) is 3.92. The molecular formula is C24H27N5O3S2. The maximum Gasteiger partial charge on any atom is 0.251 e. The van der Waals surface area contributed by atoms with Gasteiger partial charge in [-0.3, -0.25) is 14.5 Å². The lowest BCUT2D eigenvalue weighted by Crippen LogP contribution is -2.36. The molecule has 1 saturated heterocycles. The molecule has 2 aromatic heterocycles. The van der Waals surface area contributed by atoms with Crippen LogP contribution in [0.25, 0.3) is 10.9 Å². The van der Waals surface area contributed by atoms with Crippen LogP contribution in [0.15, 0.2) is 29.3 Å². The Kier molecular flexibility index (Phi) is 7.10. The van der Waals surface area contributed by atoms with Crippen molar-refractivity contribution < 1.29 is 14.3 Å². The number of aryl methyl sites for hydroxylation is 1. The first-order valence-corrected chi connectivity index (χ1v) is 13.3. The number of hydrogen-bond acceptors (Lipinski definition) is 8. The van der Waals surface area contributed by atoms with E-state index in [0.717, 1.165) is 84.2 Å². The van der Waals surface area contributed by atoms with Crippen LogP contribution in [0, 0.1) is 0 Å². The lowest BCUT2D eigenvalue weighted by molar-refractivity contribution is -0.113. The van der Waals surface area contributed by atoms with Crippen molar-refractivity contribution in [2.75, 3.05) is 37.4 Å². The molecule has 1 aliphatic carbocycles. The smallest absolute Gasteiger partial charge is 0.251 e. The molecule has 2 aliphatic rings. The van der Waals surface area contributed by atoms with Crippen molar-refractivity contribution in [3.8, 4) is 0 Å². The number of thioether (sulfide) groups is 1. The number of amides is 2. The quantitative estimate of drug-likeness (QED) is 0.381. The number of carbonyl (C=O) groups is 2. The molecule has 2 amide bonds. The van der Waals surface area contributed by atoms with Crippen LogP contribution >= 0.6 is 23.1 Å². The monoisotopic (exact) mass is 497 g/mol. The minimum atomic E-state index is -0.475. The maximum absolute atomic E-state index is 12.9. The van der Waals surface area contributed by atoms with Gasteiger partial charge in [-0.15, -0.1) is 11.3 Å². The summed E-state index contributed by atoms with van der Waals surface area (Å²) < 4.78 is 5.44. The molecule has 3 heterocycles. The Morgan fingerprint density at radius 2 is 1.94 bits per heavy atom. The average Bonchev–Trinajstić information content (AvgIpc) is 3.21. The van der Waals surface area contributed by atoms with Gasteiger partial charge < -0.3 is 15.8 Å². The van der Waals surface area contributed by atoms with Gasteiger partial charge in [0.05, 0.1) is 36.6 Å². The molecule has 0 atom stereocenters. The van der Waals surface area contributed by atoms with E-state index in [4.69, 9.17) is 20.4 Å². The standard InChI is InChI=1S/C24H27N5O3S2/c25-22(31)21-16-6-2-4-8-18(16)34-24(21)28-20(30)14-33-23-15-5-1-3-7-17(15)26-19(27-23)13-29-9-11-32-12-10-29/h1,3,5,7H,2,4,6,8-14H2,(H2,25,31)(H,28,30). The molecule has 0 spiro atoms. The molecule has 1 aliphatic heterocycles. The first-order valence-electron chi connectivity index (χ1n) is 11.5. The van der Waals surface area contributed by atoms with E-state index in [9.17, 15) is 9.59 Å². The average molecular weight is 498 g/mol. The SMILES string of the molecule is NC(=O)c1c(NC(=O)CSc2nc(CN3CCOCC3)nc3ccccc23)sc2c1CCCC2. The molecule has 34 heavy (non-hydrogen) atoms. The summed E-state index contributed by atoms with van der Waals surface area (Å²) in [5.74, 6) is 0.268. The number of nitrogens with one attached hydrogen (secondary N) is 1. The molecule has 0 unspecified atom stereocenters. The van der Waals surface area contributed by atoms with E-state index in [0.29, 0.717) is 17.1 Å². The van der Waals surface area contributed by atoms with Crippen LogP contribution in [-0.2, 0) is 28.9 Å². The summed E-state index contributed by atoms with van der Waals surface area (Å²) >= 11 is 2.87. The predicted molar refractivity (Wildman–Crippen MR) is 134 cm³/mol. The van der Waals surface area contributed by atoms with E-state index in [1.807, 2.05) is 24.3 Å². The van der Waals surface area contributed by atoms with E-state index in [2.05, 4.69) is 10.2 Å². The number of hydrogen-bond donors (Lipinski definition) is 2. The highest BCUT2D eigenvalue weighted by Gasteiger charge is 2.25. The number of morpholine rings is 1. The van der Waals surface area contributed by atoms with Gasteiger partial charge in [0.25, 0.3) is 5.91 Å². The first-order chi connectivity index (χ1) is 16.6. The number of carbonyl (C=O) groups excluding carboxylic acids is 2. The third kappa shape index (κ3) is 5.10. The highest BCUT2D eigenvalue weighted by atomic mass is 32.2. The number of para-hydroxylation sites is 1. The number of nitrogens with two attached hydrogens (primary N) is 1. The summed E-state index contributed by atoms with van der Waals surface area (Å²) in [4.78, 5) is 37.9. The third-order valence-corrected chi connectivity index (χ3v) is 8.29. The highest BCUT2D eigenvalue weighted by molar-refractivity contribution is 8.00. The Balaban J connectivity index is 1.32. The van der Waals surface area contributed by atoms with E-state index in [1.165, 1.54) is 23.1 Å². The molecule has 3 N–H and O–H groups in total. The number of nitrogens with zero attached hydrogens (tertiary/aromatic N) is 3. The van der Waals surface area contributed by atoms with Crippen LogP contribution < -0.4 is 11.1 Å². The summed E-state index contributed by atoms with van der Waals surface area (Å²) in [6.45, 7) is 3.79. The zero-order valence-corrected chi connectivity index (χ0v) is 20.5. The Morgan fingerprint density at radius 3 is 2.76 bits per heavy atom. The van der Waals surface area contributed by atoms with Crippen molar-refractivity contribution in [3.05, 3.63) is 46.1 Å². The van der Waals surface area contributed by atoms with Crippen molar-refractivity contribution in [1.82, 2.24) is 14.9 Å². The fourth-order valence-electron chi connectivity index (χ4n) is 4.44. The van der Waals surface area contributed by atoms with Crippen molar-refractivity contribution in [3.63, 3.8) is 0 Å². The second kappa shape index (κ2) is 10.4. The van der Waals surface area contributed by atoms with Crippen LogP contribution in [0.5, 0.6) is 0 Å². The van der Waals surface area contributed by atoms with Gasteiger partial charge in [-0.1, -0.05) is 30.0 Å². The zero-order chi connectivity index (χ0) is 23.5. The summed E-state index contributed by atoms with van der Waals surface area (Å²) in [6, 6.07) is 7.86. The number of aromatic nitrogens is 2. The Hall–Kier alpha value is -2.53. The zero-order valence-electron chi connectivity index (χ0n) is 18.8. The molecular weight excluding hydrogens is 470 g/mol. The molecule has 1 aromatic carbocycles. The Labute approximate surface area is 206 Å². The molecule has 0 radical (unpaired) electrons. The molecule has 0 bridgehead atoms. The van der Waals surface area contributed by atoms with Crippen molar-refractivity contribution in [2.24, 2.45) is 5.73 Å². The van der Waals surface area contributed by atoms with Gasteiger partial charge in [-0.05, 0) is 37.3 Å². The molecule has 10 heteroatoms. The second-order valence-electron chi connectivity index (χ2n) is 8.47. The minimum Gasteiger partial charge on any atom is -0.379 e. The number of thiophene rings is 1. The highest BCUT2D eigenvalue weighted by Crippen LogP contribution is 2.38. The molecule has 178 valence electrons. The molecule has 5 rings (SSSR count). The Bertz CT molecular complexity index is 1220. The van der Waals surface area contributed by atoms with E-state index in [-0.39, 0.29) is 11.7 Å². The number of benzene rings is 1. The third-order valence-electron chi connectivity index (χ3n) is 6.09. The van der Waals surface area contributed by atoms with Gasteiger partial charge in [-0.2, -0.15) is 0 Å². The Morgan fingerprint density at radius 1 is 1.15 bits per heavy atom. The number of rotatable bonds is 7. The van der Waals surface area contributed by atoms with Gasteiger partial charge in [0, 0.05) is 23.4 Å².